The summed E-state index contributed by atoms with van der Waals surface area (Å²) in [6, 6.07) is 18.9. The minimum Gasteiger partial charge on any atom is -0.497 e. The van der Waals surface area contributed by atoms with Gasteiger partial charge in [0.15, 0.2) is 0 Å². The van der Waals surface area contributed by atoms with Gasteiger partial charge in [-0.25, -0.2) is 4.79 Å². The van der Waals surface area contributed by atoms with Crippen LogP contribution in [0.5, 0.6) is 17.2 Å². The van der Waals surface area contributed by atoms with Crippen LogP contribution in [0.3, 0.4) is 0 Å². The molecule has 1 heterocycles. The Balaban J connectivity index is 1.62. The predicted octanol–water partition coefficient (Wildman–Crippen LogP) is 5.88. The number of aromatic amines is 1. The molecule has 1 aromatic heterocycles. The normalized spacial score (nSPS) is 11.7. The van der Waals surface area contributed by atoms with Crippen LogP contribution in [0.2, 0.25) is 0 Å². The Morgan fingerprint density at radius 3 is 2.66 bits per heavy atom. The summed E-state index contributed by atoms with van der Waals surface area (Å²) in [5.41, 5.74) is 4.43. The largest absolute Gasteiger partial charge is 0.497 e. The maximum absolute atomic E-state index is 12.1. The quantitative estimate of drug-likeness (QED) is 0.294. The van der Waals surface area contributed by atoms with Gasteiger partial charge in [-0.05, 0) is 66.9 Å². The van der Waals surface area contributed by atoms with Crippen LogP contribution < -0.4 is 14.8 Å². The second-order valence-corrected chi connectivity index (χ2v) is 8.25. The van der Waals surface area contributed by atoms with Gasteiger partial charge in [0.05, 0.1) is 24.2 Å². The number of amides is 2. The number of rotatable bonds is 8. The number of ether oxygens (including phenoxy) is 2. The number of benzene rings is 3. The van der Waals surface area contributed by atoms with Crippen molar-refractivity contribution in [1.82, 2.24) is 15.5 Å². The molecule has 180 valence electrons. The van der Waals surface area contributed by atoms with Crippen molar-refractivity contribution in [2.24, 2.45) is 0 Å². The lowest BCUT2D eigenvalue weighted by molar-refractivity contribution is -0.121. The highest BCUT2D eigenvalue weighted by molar-refractivity contribution is 5.95. The molecule has 0 bridgehead atoms. The molecular weight excluding hydrogens is 446 g/mol. The third-order valence-electron chi connectivity index (χ3n) is 5.83. The smallest absolute Gasteiger partial charge is 0.411 e. The molecule has 0 fully saturated rings. The highest BCUT2D eigenvalue weighted by Crippen LogP contribution is 2.34. The molecule has 2 amide bonds. The first-order valence-corrected chi connectivity index (χ1v) is 11.4. The number of H-pyrrole nitrogens is 1. The van der Waals surface area contributed by atoms with Crippen LogP contribution in [0.15, 0.2) is 60.7 Å². The Morgan fingerprint density at radius 1 is 1.09 bits per heavy atom. The average molecular weight is 474 g/mol. The minimum absolute atomic E-state index is 0.569. The Bertz CT molecular complexity index is 1380. The van der Waals surface area contributed by atoms with Crippen molar-refractivity contribution in [1.29, 1.82) is 0 Å². The van der Waals surface area contributed by atoms with Gasteiger partial charge in [-0.15, -0.1) is 0 Å². The molecule has 1 unspecified atom stereocenters. The summed E-state index contributed by atoms with van der Waals surface area (Å²) in [5, 5.41) is 19.3. The standard InChI is InChI=1S/C27H27N3O5/c1-4-6-18-13-19(25-22-11-10-20(34-3)15-23(22)29-30-25)9-12-24(18)35-21-8-5-7-17(14-21)16(2)26(31)28-27(32)33/h5,7-16H,4,6H2,1-3H3,(H,28,31)(H,29,30)(H,32,33). The Labute approximate surface area is 202 Å². The third-order valence-corrected chi connectivity index (χ3v) is 5.83. The molecule has 35 heavy (non-hydrogen) atoms. The molecule has 4 aromatic rings. The van der Waals surface area contributed by atoms with Crippen molar-refractivity contribution in [3.05, 3.63) is 71.8 Å². The molecule has 8 nitrogen and oxygen atoms in total. The topological polar surface area (TPSA) is 114 Å². The number of aryl methyl sites for hydroxylation is 1. The van der Waals surface area contributed by atoms with Gasteiger partial charge in [-0.2, -0.15) is 5.10 Å². The molecule has 0 aliphatic carbocycles. The van der Waals surface area contributed by atoms with Gasteiger partial charge in [-0.3, -0.25) is 15.2 Å². The molecule has 3 aromatic carbocycles. The van der Waals surface area contributed by atoms with Gasteiger partial charge in [-0.1, -0.05) is 25.5 Å². The first-order valence-electron chi connectivity index (χ1n) is 11.4. The van der Waals surface area contributed by atoms with Crippen LogP contribution in [-0.4, -0.2) is 34.4 Å². The Kier molecular flexibility index (Phi) is 7.01. The van der Waals surface area contributed by atoms with Crippen molar-refractivity contribution in [3.63, 3.8) is 0 Å². The van der Waals surface area contributed by atoms with Crippen molar-refractivity contribution in [3.8, 4) is 28.5 Å². The van der Waals surface area contributed by atoms with E-state index in [1.807, 2.05) is 41.7 Å². The maximum atomic E-state index is 12.1. The van der Waals surface area contributed by atoms with E-state index in [1.54, 1.807) is 32.2 Å². The molecule has 1 atom stereocenters. The second-order valence-electron chi connectivity index (χ2n) is 8.25. The molecule has 0 aliphatic rings. The number of carbonyl (C=O) groups excluding carboxylic acids is 1. The molecule has 8 heteroatoms. The number of carboxylic acid groups (broad SMARTS) is 1. The number of hydrogen-bond donors (Lipinski definition) is 3. The zero-order chi connectivity index (χ0) is 24.9. The number of nitrogens with zero attached hydrogens (tertiary/aromatic N) is 1. The number of carbonyl (C=O) groups is 2. The van der Waals surface area contributed by atoms with Crippen LogP contribution >= 0.6 is 0 Å². The third kappa shape index (κ3) is 5.27. The van der Waals surface area contributed by atoms with E-state index in [-0.39, 0.29) is 0 Å². The summed E-state index contributed by atoms with van der Waals surface area (Å²) in [4.78, 5) is 22.9. The number of methoxy groups -OCH3 is 1. The lowest BCUT2D eigenvalue weighted by Crippen LogP contribution is -2.32. The SMILES string of the molecule is CCCc1cc(-c2n[nH]c3cc(OC)ccc23)ccc1Oc1cccc(C(C)C(=O)NC(=O)O)c1. The summed E-state index contributed by atoms with van der Waals surface area (Å²) < 4.78 is 11.5. The van der Waals surface area contributed by atoms with Crippen LogP contribution in [0.4, 0.5) is 4.79 Å². The first kappa shape index (κ1) is 23.8. The minimum atomic E-state index is -1.37. The monoisotopic (exact) mass is 473 g/mol. The second kappa shape index (κ2) is 10.3. The summed E-state index contributed by atoms with van der Waals surface area (Å²) in [6.45, 7) is 3.76. The van der Waals surface area contributed by atoms with E-state index in [2.05, 4.69) is 23.2 Å². The fourth-order valence-electron chi connectivity index (χ4n) is 3.98. The predicted molar refractivity (Wildman–Crippen MR) is 133 cm³/mol. The van der Waals surface area contributed by atoms with E-state index >= 15 is 0 Å². The molecule has 0 saturated carbocycles. The lowest BCUT2D eigenvalue weighted by atomic mass is 10.00. The highest BCUT2D eigenvalue weighted by Gasteiger charge is 2.18. The van der Waals surface area contributed by atoms with Crippen molar-refractivity contribution >= 4 is 22.9 Å². The van der Waals surface area contributed by atoms with Crippen LogP contribution in [-0.2, 0) is 11.2 Å². The van der Waals surface area contributed by atoms with Gasteiger partial charge in [0.25, 0.3) is 0 Å². The van der Waals surface area contributed by atoms with Gasteiger partial charge in [0.2, 0.25) is 5.91 Å². The van der Waals surface area contributed by atoms with E-state index in [4.69, 9.17) is 14.6 Å². The first-order chi connectivity index (χ1) is 16.9. The van der Waals surface area contributed by atoms with Crippen molar-refractivity contribution < 1.29 is 24.2 Å². The van der Waals surface area contributed by atoms with E-state index < -0.39 is 17.9 Å². The van der Waals surface area contributed by atoms with E-state index in [1.165, 1.54) is 0 Å². The number of fused-ring (bicyclic) bond motifs is 1. The fourth-order valence-corrected chi connectivity index (χ4v) is 3.98. The molecule has 0 spiro atoms. The van der Waals surface area contributed by atoms with Gasteiger partial charge < -0.3 is 14.6 Å². The lowest BCUT2D eigenvalue weighted by Gasteiger charge is -2.15. The zero-order valence-corrected chi connectivity index (χ0v) is 19.8. The Hall–Kier alpha value is -4.33. The summed E-state index contributed by atoms with van der Waals surface area (Å²) in [6.07, 6.45) is 0.378. The van der Waals surface area contributed by atoms with Gasteiger partial charge >= 0.3 is 6.09 Å². The van der Waals surface area contributed by atoms with Crippen LogP contribution in [0.1, 0.15) is 37.3 Å². The number of nitrogens with one attached hydrogen (secondary N) is 2. The summed E-state index contributed by atoms with van der Waals surface area (Å²) in [7, 11) is 1.63. The summed E-state index contributed by atoms with van der Waals surface area (Å²) >= 11 is 0. The summed E-state index contributed by atoms with van der Waals surface area (Å²) in [5.74, 6) is 0.824. The molecule has 0 saturated heterocycles. The molecule has 0 radical (unpaired) electrons. The number of imide groups is 1. The van der Waals surface area contributed by atoms with Crippen LogP contribution in [0, 0.1) is 0 Å². The van der Waals surface area contributed by atoms with Crippen molar-refractivity contribution in [2.45, 2.75) is 32.6 Å². The highest BCUT2D eigenvalue weighted by atomic mass is 16.5. The maximum Gasteiger partial charge on any atom is 0.411 e. The number of hydrogen-bond acceptors (Lipinski definition) is 5. The molecule has 4 rings (SSSR count). The van der Waals surface area contributed by atoms with E-state index in [0.717, 1.165) is 52.1 Å². The van der Waals surface area contributed by atoms with E-state index in [9.17, 15) is 9.59 Å². The van der Waals surface area contributed by atoms with Gasteiger partial charge in [0.1, 0.15) is 17.2 Å². The Morgan fingerprint density at radius 2 is 1.91 bits per heavy atom. The molecule has 0 aliphatic heterocycles. The zero-order valence-electron chi connectivity index (χ0n) is 19.8. The fraction of sp³-hybridized carbons (Fsp3) is 0.222. The van der Waals surface area contributed by atoms with E-state index in [0.29, 0.717) is 11.3 Å². The van der Waals surface area contributed by atoms with Crippen LogP contribution in [0.25, 0.3) is 22.2 Å². The molecule has 3 N–H and O–H groups in total. The van der Waals surface area contributed by atoms with Crippen molar-refractivity contribution in [2.75, 3.05) is 7.11 Å². The van der Waals surface area contributed by atoms with Gasteiger partial charge in [0, 0.05) is 17.0 Å². The molecular formula is C27H27N3O5. The number of aromatic nitrogens is 2. The average Bonchev–Trinajstić information content (AvgIpc) is 3.27.